The summed E-state index contributed by atoms with van der Waals surface area (Å²) in [6.45, 7) is 0. The van der Waals surface area contributed by atoms with Crippen molar-refractivity contribution in [2.24, 2.45) is 0 Å². The number of nitrogens with zero attached hydrogens (tertiary/aromatic N) is 2. The van der Waals surface area contributed by atoms with Crippen LogP contribution in [0, 0.1) is 11.3 Å². The molecule has 1 aromatic heterocycles. The summed E-state index contributed by atoms with van der Waals surface area (Å²) in [7, 11) is 1.62. The number of hydrogen-bond donors (Lipinski definition) is 0. The van der Waals surface area contributed by atoms with E-state index in [1.165, 1.54) is 0 Å². The highest BCUT2D eigenvalue weighted by Gasteiger charge is 2.04. The molecule has 0 amide bonds. The minimum atomic E-state index is 0.633. The van der Waals surface area contributed by atoms with Gasteiger partial charge in [0.05, 0.1) is 35.0 Å². The third-order valence-corrected chi connectivity index (χ3v) is 3.78. The summed E-state index contributed by atoms with van der Waals surface area (Å²) >= 11 is 6.35. The number of nitriles is 1. The molecular formula is C19H13ClN2O. The zero-order valence-electron chi connectivity index (χ0n) is 12.5. The number of aromatic nitrogens is 1. The van der Waals surface area contributed by atoms with Gasteiger partial charge >= 0.3 is 0 Å². The van der Waals surface area contributed by atoms with Gasteiger partial charge in [0.25, 0.3) is 0 Å². The standard InChI is InChI=1S/C19H13ClN2O/c1-23-16-8-9-19-17(11-16)18(20)10-15(22-19)7-6-13-2-4-14(12-21)5-3-13/h2-11H,1H3/b7-6+. The first-order valence-corrected chi connectivity index (χ1v) is 7.40. The second kappa shape index (κ2) is 6.51. The van der Waals surface area contributed by atoms with Crippen LogP contribution in [-0.4, -0.2) is 12.1 Å². The Morgan fingerprint density at radius 3 is 2.57 bits per heavy atom. The molecule has 0 aliphatic heterocycles. The van der Waals surface area contributed by atoms with Gasteiger partial charge in [-0.25, -0.2) is 4.98 Å². The van der Waals surface area contributed by atoms with Crippen molar-refractivity contribution in [3.63, 3.8) is 0 Å². The van der Waals surface area contributed by atoms with Crippen LogP contribution in [0.4, 0.5) is 0 Å². The van der Waals surface area contributed by atoms with E-state index in [1.807, 2.05) is 48.6 Å². The molecule has 112 valence electrons. The normalized spacial score (nSPS) is 10.8. The third kappa shape index (κ3) is 3.33. The number of hydrogen-bond acceptors (Lipinski definition) is 3. The number of halogens is 1. The smallest absolute Gasteiger partial charge is 0.119 e. The van der Waals surface area contributed by atoms with Crippen molar-refractivity contribution < 1.29 is 4.74 Å². The first-order valence-electron chi connectivity index (χ1n) is 7.02. The van der Waals surface area contributed by atoms with E-state index < -0.39 is 0 Å². The van der Waals surface area contributed by atoms with E-state index in [4.69, 9.17) is 21.6 Å². The Labute approximate surface area is 139 Å². The van der Waals surface area contributed by atoms with E-state index in [0.29, 0.717) is 10.6 Å². The number of methoxy groups -OCH3 is 1. The molecule has 0 saturated heterocycles. The summed E-state index contributed by atoms with van der Waals surface area (Å²) in [5.74, 6) is 0.752. The summed E-state index contributed by atoms with van der Waals surface area (Å²) < 4.78 is 5.21. The van der Waals surface area contributed by atoms with Crippen LogP contribution >= 0.6 is 11.6 Å². The predicted octanol–water partition coefficient (Wildman–Crippen LogP) is 4.94. The van der Waals surface area contributed by atoms with Crippen molar-refractivity contribution in [1.82, 2.24) is 4.98 Å². The summed E-state index contributed by atoms with van der Waals surface area (Å²) in [6.07, 6.45) is 3.84. The van der Waals surface area contributed by atoms with E-state index in [2.05, 4.69) is 11.1 Å². The van der Waals surface area contributed by atoms with Crippen molar-refractivity contribution in [3.05, 3.63) is 70.4 Å². The molecule has 4 heteroatoms. The van der Waals surface area contributed by atoms with Crippen LogP contribution in [0.15, 0.2) is 48.5 Å². The second-order valence-corrected chi connectivity index (χ2v) is 5.39. The Morgan fingerprint density at radius 1 is 1.09 bits per heavy atom. The van der Waals surface area contributed by atoms with Crippen molar-refractivity contribution in [2.75, 3.05) is 7.11 Å². The second-order valence-electron chi connectivity index (χ2n) is 4.98. The first kappa shape index (κ1) is 15.1. The number of fused-ring (bicyclic) bond motifs is 1. The predicted molar refractivity (Wildman–Crippen MR) is 93.4 cm³/mol. The minimum absolute atomic E-state index is 0.633. The Kier molecular flexibility index (Phi) is 4.27. The molecule has 23 heavy (non-hydrogen) atoms. The number of pyridine rings is 1. The van der Waals surface area contributed by atoms with E-state index in [0.717, 1.165) is 27.9 Å². The van der Waals surface area contributed by atoms with Gasteiger partial charge in [0.15, 0.2) is 0 Å². The highest BCUT2D eigenvalue weighted by molar-refractivity contribution is 6.35. The molecule has 0 bridgehead atoms. The van der Waals surface area contributed by atoms with Crippen LogP contribution in [0.3, 0.4) is 0 Å². The molecule has 0 unspecified atom stereocenters. The molecule has 0 atom stereocenters. The fraction of sp³-hybridized carbons (Fsp3) is 0.0526. The monoisotopic (exact) mass is 320 g/mol. The minimum Gasteiger partial charge on any atom is -0.497 e. The lowest BCUT2D eigenvalue weighted by Crippen LogP contribution is -1.87. The molecule has 1 heterocycles. The van der Waals surface area contributed by atoms with Gasteiger partial charge in [-0.15, -0.1) is 0 Å². The van der Waals surface area contributed by atoms with Crippen LogP contribution in [0.5, 0.6) is 5.75 Å². The lowest BCUT2D eigenvalue weighted by Gasteiger charge is -2.05. The number of benzene rings is 2. The maximum atomic E-state index is 8.80. The van der Waals surface area contributed by atoms with Gasteiger partial charge in [-0.1, -0.05) is 29.8 Å². The number of rotatable bonds is 3. The van der Waals surface area contributed by atoms with E-state index in [1.54, 1.807) is 19.2 Å². The van der Waals surface area contributed by atoms with Gasteiger partial charge in [0.1, 0.15) is 5.75 Å². The average molecular weight is 321 g/mol. The lowest BCUT2D eigenvalue weighted by atomic mass is 10.1. The van der Waals surface area contributed by atoms with Gasteiger partial charge in [0, 0.05) is 5.39 Å². The number of ether oxygens (including phenoxy) is 1. The quantitative estimate of drug-likeness (QED) is 0.686. The maximum Gasteiger partial charge on any atom is 0.119 e. The lowest BCUT2D eigenvalue weighted by molar-refractivity contribution is 0.415. The first-order chi connectivity index (χ1) is 11.2. The molecule has 3 aromatic rings. The highest BCUT2D eigenvalue weighted by atomic mass is 35.5. The van der Waals surface area contributed by atoms with E-state index in [9.17, 15) is 0 Å². The fourth-order valence-electron chi connectivity index (χ4n) is 2.25. The van der Waals surface area contributed by atoms with Crippen LogP contribution in [-0.2, 0) is 0 Å². The van der Waals surface area contributed by atoms with Gasteiger partial charge in [-0.3, -0.25) is 0 Å². The molecule has 0 fully saturated rings. The topological polar surface area (TPSA) is 45.9 Å². The molecular weight excluding hydrogens is 308 g/mol. The van der Waals surface area contributed by atoms with Crippen molar-refractivity contribution in [1.29, 1.82) is 5.26 Å². The van der Waals surface area contributed by atoms with Crippen molar-refractivity contribution >= 4 is 34.7 Å². The van der Waals surface area contributed by atoms with E-state index in [-0.39, 0.29) is 0 Å². The van der Waals surface area contributed by atoms with Gasteiger partial charge < -0.3 is 4.74 Å². The van der Waals surface area contributed by atoms with Crippen molar-refractivity contribution in [3.8, 4) is 11.8 Å². The Bertz CT molecular complexity index is 924. The molecule has 0 radical (unpaired) electrons. The van der Waals surface area contributed by atoms with Crippen LogP contribution in [0.2, 0.25) is 5.02 Å². The molecule has 3 nitrogen and oxygen atoms in total. The SMILES string of the molecule is COc1ccc2nc(/C=C/c3ccc(C#N)cc3)cc(Cl)c2c1. The summed E-state index contributed by atoms with van der Waals surface area (Å²) in [4.78, 5) is 4.58. The molecule has 0 spiro atoms. The summed E-state index contributed by atoms with van der Waals surface area (Å²) in [6, 6.07) is 16.9. The van der Waals surface area contributed by atoms with Gasteiger partial charge in [-0.2, -0.15) is 5.26 Å². The fourth-order valence-corrected chi connectivity index (χ4v) is 2.51. The molecule has 2 aromatic carbocycles. The zero-order valence-corrected chi connectivity index (χ0v) is 13.2. The Balaban J connectivity index is 1.93. The Morgan fingerprint density at radius 2 is 1.87 bits per heavy atom. The molecule has 0 aliphatic rings. The Hall–Kier alpha value is -2.83. The van der Waals surface area contributed by atoms with Crippen LogP contribution in [0.25, 0.3) is 23.1 Å². The third-order valence-electron chi connectivity index (χ3n) is 3.47. The van der Waals surface area contributed by atoms with Crippen molar-refractivity contribution in [2.45, 2.75) is 0 Å². The summed E-state index contributed by atoms with van der Waals surface area (Å²) in [5, 5.41) is 10.3. The maximum absolute atomic E-state index is 8.80. The average Bonchev–Trinajstić information content (AvgIpc) is 2.60. The van der Waals surface area contributed by atoms with Gasteiger partial charge in [-0.05, 0) is 48.0 Å². The largest absolute Gasteiger partial charge is 0.497 e. The molecule has 0 saturated carbocycles. The van der Waals surface area contributed by atoms with Crippen LogP contribution in [0.1, 0.15) is 16.8 Å². The van der Waals surface area contributed by atoms with Crippen LogP contribution < -0.4 is 4.74 Å². The summed E-state index contributed by atoms with van der Waals surface area (Å²) in [5.41, 5.74) is 3.23. The highest BCUT2D eigenvalue weighted by Crippen LogP contribution is 2.27. The van der Waals surface area contributed by atoms with Gasteiger partial charge in [0.2, 0.25) is 0 Å². The molecule has 0 aliphatic carbocycles. The van der Waals surface area contributed by atoms with E-state index >= 15 is 0 Å². The zero-order chi connectivity index (χ0) is 16.2. The molecule has 0 N–H and O–H groups in total. The molecule has 3 rings (SSSR count).